The van der Waals surface area contributed by atoms with Gasteiger partial charge in [0.2, 0.25) is 0 Å². The van der Waals surface area contributed by atoms with Crippen LogP contribution in [0.4, 0.5) is 0 Å². The number of benzene rings is 1. The minimum absolute atomic E-state index is 0.153. The zero-order valence-corrected chi connectivity index (χ0v) is 13.4. The minimum Gasteiger partial charge on any atom is -0.491 e. The lowest BCUT2D eigenvalue weighted by molar-refractivity contribution is 0.0641. The van der Waals surface area contributed by atoms with Gasteiger partial charge in [-0.05, 0) is 23.1 Å². The van der Waals surface area contributed by atoms with Crippen molar-refractivity contribution < 1.29 is 9.84 Å². The maximum absolute atomic E-state index is 10.1. The molecule has 0 aromatic heterocycles. The van der Waals surface area contributed by atoms with Gasteiger partial charge < -0.3 is 15.2 Å². The highest BCUT2D eigenvalue weighted by atomic mass is 16.5. The summed E-state index contributed by atoms with van der Waals surface area (Å²) in [4.78, 5) is 2.27. The van der Waals surface area contributed by atoms with Gasteiger partial charge in [0.1, 0.15) is 18.5 Å². The minimum atomic E-state index is -0.439. The van der Waals surface area contributed by atoms with Crippen LogP contribution in [0.2, 0.25) is 0 Å². The summed E-state index contributed by atoms with van der Waals surface area (Å²) in [6.07, 6.45) is -0.439. The summed E-state index contributed by atoms with van der Waals surface area (Å²) in [5.41, 5.74) is 1.44. The van der Waals surface area contributed by atoms with Crippen LogP contribution in [0.3, 0.4) is 0 Å². The first-order valence-corrected chi connectivity index (χ1v) is 7.79. The molecular weight excluding hydrogens is 264 g/mol. The predicted molar refractivity (Wildman–Crippen MR) is 86.0 cm³/mol. The van der Waals surface area contributed by atoms with E-state index >= 15 is 0 Å². The van der Waals surface area contributed by atoms with Gasteiger partial charge in [-0.1, -0.05) is 32.9 Å². The molecule has 1 aromatic carbocycles. The summed E-state index contributed by atoms with van der Waals surface area (Å²) in [5, 5.41) is 13.4. The number of aliphatic hydroxyl groups excluding tert-OH is 1. The Bertz CT molecular complexity index is 419. The average Bonchev–Trinajstić information content (AvgIpc) is 2.46. The van der Waals surface area contributed by atoms with Crippen molar-refractivity contribution in [1.82, 2.24) is 10.2 Å². The van der Waals surface area contributed by atoms with Crippen LogP contribution in [0, 0.1) is 0 Å². The smallest absolute Gasteiger partial charge is 0.119 e. The van der Waals surface area contributed by atoms with Gasteiger partial charge in [0.25, 0.3) is 0 Å². The molecule has 1 heterocycles. The molecule has 118 valence electrons. The number of ether oxygens (including phenoxy) is 1. The molecule has 1 aliphatic rings. The first-order chi connectivity index (χ1) is 9.95. The molecule has 0 aliphatic carbocycles. The van der Waals surface area contributed by atoms with E-state index < -0.39 is 6.10 Å². The van der Waals surface area contributed by atoms with Crippen LogP contribution in [-0.2, 0) is 5.41 Å². The van der Waals surface area contributed by atoms with Crippen molar-refractivity contribution in [3.63, 3.8) is 0 Å². The summed E-state index contributed by atoms with van der Waals surface area (Å²) in [7, 11) is 0. The van der Waals surface area contributed by atoms with Crippen molar-refractivity contribution in [2.75, 3.05) is 39.3 Å². The molecule has 1 atom stereocenters. The van der Waals surface area contributed by atoms with E-state index in [1.165, 1.54) is 5.56 Å². The molecule has 1 aromatic rings. The highest BCUT2D eigenvalue weighted by Gasteiger charge is 2.15. The van der Waals surface area contributed by atoms with E-state index in [0.29, 0.717) is 13.2 Å². The lowest BCUT2D eigenvalue weighted by Gasteiger charge is -2.29. The van der Waals surface area contributed by atoms with E-state index in [1.807, 2.05) is 12.1 Å². The number of β-amino-alcohol motifs (C(OH)–C–C–N with tert-alkyl or cyclic N) is 1. The van der Waals surface area contributed by atoms with Gasteiger partial charge in [-0.2, -0.15) is 0 Å². The Morgan fingerprint density at radius 2 is 1.81 bits per heavy atom. The van der Waals surface area contributed by atoms with Crippen molar-refractivity contribution in [3.8, 4) is 5.75 Å². The second-order valence-corrected chi connectivity index (χ2v) is 6.79. The lowest BCUT2D eigenvalue weighted by atomic mass is 9.87. The summed E-state index contributed by atoms with van der Waals surface area (Å²) in [6, 6.07) is 8.16. The molecule has 0 amide bonds. The Balaban J connectivity index is 1.76. The highest BCUT2D eigenvalue weighted by Crippen LogP contribution is 2.24. The van der Waals surface area contributed by atoms with Crippen LogP contribution in [0.5, 0.6) is 5.75 Å². The quantitative estimate of drug-likeness (QED) is 0.866. The van der Waals surface area contributed by atoms with Gasteiger partial charge >= 0.3 is 0 Å². The van der Waals surface area contributed by atoms with Crippen molar-refractivity contribution in [2.24, 2.45) is 0 Å². The van der Waals surface area contributed by atoms with Crippen molar-refractivity contribution >= 4 is 0 Å². The highest BCUT2D eigenvalue weighted by molar-refractivity contribution is 5.31. The second-order valence-electron chi connectivity index (χ2n) is 6.79. The molecule has 0 spiro atoms. The molecule has 2 rings (SSSR count). The molecular formula is C17H28N2O2. The Hall–Kier alpha value is -1.10. The maximum atomic E-state index is 10.1. The van der Waals surface area contributed by atoms with E-state index in [1.54, 1.807) is 0 Å². The third-order valence-electron chi connectivity index (χ3n) is 3.84. The van der Waals surface area contributed by atoms with E-state index in [2.05, 4.69) is 43.1 Å². The van der Waals surface area contributed by atoms with Gasteiger partial charge in [0, 0.05) is 32.7 Å². The summed E-state index contributed by atoms with van der Waals surface area (Å²) in [5.74, 6) is 0.822. The molecule has 2 N–H and O–H groups in total. The Kier molecular flexibility index (Phi) is 5.62. The fourth-order valence-corrected chi connectivity index (χ4v) is 2.49. The molecule has 0 bridgehead atoms. The van der Waals surface area contributed by atoms with Gasteiger partial charge in [0.15, 0.2) is 0 Å². The number of aliphatic hydroxyl groups is 1. The third kappa shape index (κ3) is 5.30. The number of nitrogens with zero attached hydrogens (tertiary/aromatic N) is 1. The fraction of sp³-hybridized carbons (Fsp3) is 0.647. The van der Waals surface area contributed by atoms with Crippen LogP contribution in [0.1, 0.15) is 26.3 Å². The number of rotatable bonds is 5. The number of nitrogens with one attached hydrogen (secondary N) is 1. The van der Waals surface area contributed by atoms with Crippen molar-refractivity contribution in [3.05, 3.63) is 29.8 Å². The third-order valence-corrected chi connectivity index (χ3v) is 3.84. The second kappa shape index (κ2) is 7.25. The summed E-state index contributed by atoms with van der Waals surface area (Å²) < 4.78 is 5.68. The van der Waals surface area contributed by atoms with Gasteiger partial charge in [-0.15, -0.1) is 0 Å². The van der Waals surface area contributed by atoms with Crippen LogP contribution in [0.15, 0.2) is 24.3 Å². The Labute approximate surface area is 128 Å². The molecule has 1 fully saturated rings. The van der Waals surface area contributed by atoms with E-state index in [-0.39, 0.29) is 5.41 Å². The number of hydrogen-bond acceptors (Lipinski definition) is 4. The first kappa shape index (κ1) is 16.3. The SMILES string of the molecule is CC(C)(C)c1ccc(OCC(O)CN2CCNCC2)cc1. The van der Waals surface area contributed by atoms with Gasteiger partial charge in [0.05, 0.1) is 0 Å². The predicted octanol–water partition coefficient (Wildman–Crippen LogP) is 1.63. The average molecular weight is 292 g/mol. The zero-order valence-electron chi connectivity index (χ0n) is 13.4. The van der Waals surface area contributed by atoms with Crippen LogP contribution < -0.4 is 10.1 Å². The Morgan fingerprint density at radius 3 is 2.38 bits per heavy atom. The zero-order chi connectivity index (χ0) is 15.3. The van der Waals surface area contributed by atoms with E-state index in [0.717, 1.165) is 31.9 Å². The lowest BCUT2D eigenvalue weighted by Crippen LogP contribution is -2.47. The van der Waals surface area contributed by atoms with E-state index in [4.69, 9.17) is 4.74 Å². The molecule has 0 radical (unpaired) electrons. The van der Waals surface area contributed by atoms with Crippen LogP contribution in [0.25, 0.3) is 0 Å². The molecule has 4 nitrogen and oxygen atoms in total. The van der Waals surface area contributed by atoms with Crippen molar-refractivity contribution in [2.45, 2.75) is 32.3 Å². The molecule has 0 saturated carbocycles. The number of piperazine rings is 1. The molecule has 1 saturated heterocycles. The molecule has 1 unspecified atom stereocenters. The normalized spacial score (nSPS) is 18.5. The fourth-order valence-electron chi connectivity index (χ4n) is 2.49. The van der Waals surface area contributed by atoms with E-state index in [9.17, 15) is 5.11 Å². The van der Waals surface area contributed by atoms with Crippen LogP contribution >= 0.6 is 0 Å². The molecule has 4 heteroatoms. The largest absolute Gasteiger partial charge is 0.491 e. The maximum Gasteiger partial charge on any atom is 0.119 e. The molecule has 21 heavy (non-hydrogen) atoms. The first-order valence-electron chi connectivity index (χ1n) is 7.79. The van der Waals surface area contributed by atoms with Crippen LogP contribution in [-0.4, -0.2) is 55.4 Å². The summed E-state index contributed by atoms with van der Waals surface area (Å²) in [6.45, 7) is 11.6. The van der Waals surface area contributed by atoms with Crippen molar-refractivity contribution in [1.29, 1.82) is 0 Å². The van der Waals surface area contributed by atoms with Gasteiger partial charge in [-0.3, -0.25) is 4.90 Å². The van der Waals surface area contributed by atoms with Gasteiger partial charge in [-0.25, -0.2) is 0 Å². The Morgan fingerprint density at radius 1 is 1.19 bits per heavy atom. The monoisotopic (exact) mass is 292 g/mol. The molecule has 1 aliphatic heterocycles. The summed E-state index contributed by atoms with van der Waals surface area (Å²) >= 11 is 0. The number of hydrogen-bond donors (Lipinski definition) is 2. The topological polar surface area (TPSA) is 44.7 Å². The standard InChI is InChI=1S/C17H28N2O2/c1-17(2,3)14-4-6-16(7-5-14)21-13-15(20)12-19-10-8-18-9-11-19/h4-7,15,18,20H,8-13H2,1-3H3.